The SMILES string of the molecule is [C-]#[N+]c1ccc(-c2cc(N3c4ccccc4N(c4nc(-c5ccccc5)cc(-c5ccccc5)n4)c4ccccc43)c(-c3nc(-c4ccccc4)cc(-c4ccccc4)n3)cc2-c2nc(-c3ccccc3)cc(-c3ccccc3)n2)cc1. The molecule has 0 amide bonds. The van der Waals surface area contributed by atoms with Crippen molar-refractivity contribution >= 4 is 40.1 Å². The van der Waals surface area contributed by atoms with E-state index in [2.05, 4.69) is 166 Å². The molecule has 0 atom stereocenters. The first-order chi connectivity index (χ1) is 40.6. The van der Waals surface area contributed by atoms with E-state index in [4.69, 9.17) is 36.5 Å². The van der Waals surface area contributed by atoms with E-state index in [1.165, 1.54) is 0 Å². The number of hydrogen-bond donors (Lipinski definition) is 0. The summed E-state index contributed by atoms with van der Waals surface area (Å²) in [5.41, 5.74) is 18.4. The van der Waals surface area contributed by atoms with Crippen LogP contribution in [0.4, 0.5) is 40.1 Å². The van der Waals surface area contributed by atoms with Gasteiger partial charge in [-0.3, -0.25) is 4.90 Å². The molecule has 4 heterocycles. The first kappa shape index (κ1) is 48.9. The molecule has 13 aromatic rings. The highest BCUT2D eigenvalue weighted by atomic mass is 15.3. The second kappa shape index (κ2) is 21.4. The van der Waals surface area contributed by atoms with E-state index in [0.717, 1.165) is 118 Å². The second-order valence-electron chi connectivity index (χ2n) is 19.8. The van der Waals surface area contributed by atoms with Crippen molar-refractivity contribution in [2.75, 3.05) is 9.80 Å². The summed E-state index contributed by atoms with van der Waals surface area (Å²) in [7, 11) is 0. The number of rotatable bonds is 11. The lowest BCUT2D eigenvalue weighted by Crippen LogP contribution is -2.26. The van der Waals surface area contributed by atoms with Gasteiger partial charge in [0.15, 0.2) is 17.3 Å². The molecule has 0 fully saturated rings. The third kappa shape index (κ3) is 9.38. The molecule has 3 aromatic heterocycles. The van der Waals surface area contributed by atoms with Crippen molar-refractivity contribution in [3.05, 3.63) is 297 Å². The zero-order valence-electron chi connectivity index (χ0n) is 44.2. The van der Waals surface area contributed by atoms with Crippen molar-refractivity contribution in [3.8, 4) is 101 Å². The minimum atomic E-state index is 0.498. The van der Waals surface area contributed by atoms with Gasteiger partial charge in [-0.25, -0.2) is 34.7 Å². The molecule has 0 radical (unpaired) electrons. The predicted molar refractivity (Wildman–Crippen MR) is 331 cm³/mol. The number of hydrogen-bond acceptors (Lipinski definition) is 8. The Morgan fingerprint density at radius 3 is 0.890 bits per heavy atom. The molecule has 10 aromatic carbocycles. The van der Waals surface area contributed by atoms with Gasteiger partial charge in [-0.05, 0) is 65.7 Å². The molecule has 0 spiro atoms. The minimum absolute atomic E-state index is 0.498. The Balaban J connectivity index is 1.07. The third-order valence-corrected chi connectivity index (χ3v) is 14.7. The first-order valence-electron chi connectivity index (χ1n) is 27.0. The number of aromatic nitrogens is 6. The van der Waals surface area contributed by atoms with E-state index in [1.54, 1.807) is 0 Å². The van der Waals surface area contributed by atoms with Gasteiger partial charge >= 0.3 is 0 Å². The molecule has 384 valence electrons. The van der Waals surface area contributed by atoms with Crippen LogP contribution in [-0.4, -0.2) is 29.9 Å². The Hall–Kier alpha value is -11.5. The summed E-state index contributed by atoms with van der Waals surface area (Å²) in [6, 6.07) is 96.7. The Morgan fingerprint density at radius 2 is 0.549 bits per heavy atom. The zero-order valence-corrected chi connectivity index (χ0v) is 44.2. The molecule has 0 bridgehead atoms. The van der Waals surface area contributed by atoms with E-state index in [-0.39, 0.29) is 0 Å². The Labute approximate surface area is 475 Å². The highest BCUT2D eigenvalue weighted by molar-refractivity contribution is 6.05. The van der Waals surface area contributed by atoms with Crippen LogP contribution in [0.2, 0.25) is 0 Å². The largest absolute Gasteiger partial charge is 0.306 e. The van der Waals surface area contributed by atoms with E-state index in [0.29, 0.717) is 23.3 Å². The summed E-state index contributed by atoms with van der Waals surface area (Å²) in [6.45, 7) is 7.96. The molecule has 9 heteroatoms. The Bertz CT molecular complexity index is 4280. The van der Waals surface area contributed by atoms with Gasteiger partial charge in [-0.15, -0.1) is 0 Å². The van der Waals surface area contributed by atoms with Gasteiger partial charge in [0.25, 0.3) is 0 Å². The summed E-state index contributed by atoms with van der Waals surface area (Å²) < 4.78 is 0. The number of nitrogens with zero attached hydrogens (tertiary/aromatic N) is 9. The molecule has 0 N–H and O–H groups in total. The summed E-state index contributed by atoms with van der Waals surface area (Å²) in [6.07, 6.45) is 0. The van der Waals surface area contributed by atoms with Gasteiger partial charge in [0.05, 0.1) is 69.2 Å². The van der Waals surface area contributed by atoms with Crippen LogP contribution in [0.5, 0.6) is 0 Å². The lowest BCUT2D eigenvalue weighted by atomic mass is 9.93. The van der Waals surface area contributed by atoms with E-state index < -0.39 is 0 Å². The fourth-order valence-electron chi connectivity index (χ4n) is 10.7. The Kier molecular flexibility index (Phi) is 12.8. The topological polar surface area (TPSA) is 88.2 Å². The highest BCUT2D eigenvalue weighted by Gasteiger charge is 2.35. The third-order valence-electron chi connectivity index (χ3n) is 14.7. The normalized spacial score (nSPS) is 11.6. The van der Waals surface area contributed by atoms with Crippen molar-refractivity contribution in [3.63, 3.8) is 0 Å². The monoisotopic (exact) mass is 1050 g/mol. The average molecular weight is 1050 g/mol. The molecule has 1 aliphatic rings. The average Bonchev–Trinajstić information content (AvgIpc) is 2.46. The van der Waals surface area contributed by atoms with Crippen molar-refractivity contribution < 1.29 is 0 Å². The fourth-order valence-corrected chi connectivity index (χ4v) is 10.7. The van der Waals surface area contributed by atoms with E-state index >= 15 is 0 Å². The lowest BCUT2D eigenvalue weighted by Gasteiger charge is -2.40. The maximum absolute atomic E-state index is 7.96. The van der Waals surface area contributed by atoms with Gasteiger partial charge < -0.3 is 4.90 Å². The number of para-hydroxylation sites is 4. The van der Waals surface area contributed by atoms with Crippen molar-refractivity contribution in [2.45, 2.75) is 0 Å². The summed E-state index contributed by atoms with van der Waals surface area (Å²) in [5, 5.41) is 0. The van der Waals surface area contributed by atoms with E-state index in [1.807, 2.05) is 133 Å². The quantitative estimate of drug-likeness (QED) is 0.118. The van der Waals surface area contributed by atoms with Crippen LogP contribution in [-0.2, 0) is 0 Å². The van der Waals surface area contributed by atoms with Crippen LogP contribution in [0.15, 0.2) is 285 Å². The highest BCUT2D eigenvalue weighted by Crippen LogP contribution is 2.56. The second-order valence-corrected chi connectivity index (χ2v) is 19.8. The van der Waals surface area contributed by atoms with Crippen molar-refractivity contribution in [1.29, 1.82) is 0 Å². The van der Waals surface area contributed by atoms with Gasteiger partial charge in [0.2, 0.25) is 5.95 Å². The molecule has 0 aliphatic carbocycles. The van der Waals surface area contributed by atoms with Crippen LogP contribution in [0.1, 0.15) is 0 Å². The van der Waals surface area contributed by atoms with Gasteiger partial charge in [0.1, 0.15) is 0 Å². The fraction of sp³-hybridized carbons (Fsp3) is 0. The van der Waals surface area contributed by atoms with Crippen molar-refractivity contribution in [2.24, 2.45) is 0 Å². The standard InChI is InChI=1S/C73H47N9/c1-74-56-42-40-49(41-43-56)57-45-70(81-66-36-20-22-38-68(66)82(69-39-23-21-37-67(69)81)73-79-64(54-32-16-6-17-33-54)48-65(80-73)55-34-18-7-19-35-55)59(72-77-62(52-28-12-4-13-29-52)47-63(78-72)53-30-14-5-15-31-53)44-58(57)71-75-60(50-24-8-2-9-25-50)46-61(76-71)51-26-10-3-11-27-51/h2-48H. The molecular weight excluding hydrogens is 1000 g/mol. The predicted octanol–water partition coefficient (Wildman–Crippen LogP) is 18.9. The summed E-state index contributed by atoms with van der Waals surface area (Å²) in [4.78, 5) is 41.1. The maximum Gasteiger partial charge on any atom is 0.235 e. The lowest BCUT2D eigenvalue weighted by molar-refractivity contribution is 1.06. The minimum Gasteiger partial charge on any atom is -0.306 e. The molecule has 82 heavy (non-hydrogen) atoms. The Morgan fingerprint density at radius 1 is 0.244 bits per heavy atom. The van der Waals surface area contributed by atoms with Crippen LogP contribution >= 0.6 is 0 Å². The smallest absolute Gasteiger partial charge is 0.235 e. The van der Waals surface area contributed by atoms with Gasteiger partial charge in [-0.2, -0.15) is 0 Å². The van der Waals surface area contributed by atoms with Gasteiger partial charge in [0, 0.05) is 44.5 Å². The number of benzene rings is 10. The zero-order chi connectivity index (χ0) is 54.8. The molecule has 0 unspecified atom stereocenters. The molecule has 0 saturated carbocycles. The van der Waals surface area contributed by atoms with Crippen LogP contribution in [0.25, 0.3) is 106 Å². The molecule has 9 nitrogen and oxygen atoms in total. The van der Waals surface area contributed by atoms with Crippen LogP contribution < -0.4 is 9.80 Å². The molecule has 1 aliphatic heterocycles. The summed E-state index contributed by atoms with van der Waals surface area (Å²) in [5.74, 6) is 1.53. The number of fused-ring (bicyclic) bond motifs is 2. The van der Waals surface area contributed by atoms with Crippen LogP contribution in [0.3, 0.4) is 0 Å². The first-order valence-corrected chi connectivity index (χ1v) is 27.0. The number of anilines is 6. The molecule has 14 rings (SSSR count). The molecular formula is C73H47N9. The van der Waals surface area contributed by atoms with Crippen LogP contribution in [0, 0.1) is 6.57 Å². The van der Waals surface area contributed by atoms with Gasteiger partial charge in [-0.1, -0.05) is 231 Å². The molecule has 0 saturated heterocycles. The maximum atomic E-state index is 7.96. The van der Waals surface area contributed by atoms with E-state index in [9.17, 15) is 0 Å². The summed E-state index contributed by atoms with van der Waals surface area (Å²) >= 11 is 0. The van der Waals surface area contributed by atoms with Crippen molar-refractivity contribution in [1.82, 2.24) is 29.9 Å².